The fraction of sp³-hybridized carbons (Fsp3) is 0.190. The quantitative estimate of drug-likeness (QED) is 0.563. The van der Waals surface area contributed by atoms with E-state index < -0.39 is 18.0 Å². The first kappa shape index (κ1) is 20.5. The normalized spacial score (nSPS) is 11.9. The van der Waals surface area contributed by atoms with Gasteiger partial charge in [-0.05, 0) is 43.7 Å². The molecular formula is C21H20N2O5. The van der Waals surface area contributed by atoms with Crippen LogP contribution in [0, 0.1) is 18.3 Å². The second kappa shape index (κ2) is 9.24. The van der Waals surface area contributed by atoms with Gasteiger partial charge in [-0.1, -0.05) is 24.3 Å². The Morgan fingerprint density at radius 1 is 1.25 bits per heavy atom. The molecule has 0 radical (unpaired) electrons. The number of ether oxygens (including phenoxy) is 2. The third-order valence-electron chi connectivity index (χ3n) is 3.81. The lowest BCUT2D eigenvalue weighted by molar-refractivity contribution is -0.144. The molecule has 2 aromatic rings. The Balaban J connectivity index is 2.38. The first-order chi connectivity index (χ1) is 13.3. The Morgan fingerprint density at radius 2 is 1.96 bits per heavy atom. The summed E-state index contributed by atoms with van der Waals surface area (Å²) in [4.78, 5) is 23.6. The Bertz CT molecular complexity index is 960. The molecule has 0 saturated carbocycles. The van der Waals surface area contributed by atoms with Gasteiger partial charge in [0.15, 0.2) is 17.6 Å². The van der Waals surface area contributed by atoms with Crippen LogP contribution in [0.1, 0.15) is 18.1 Å². The van der Waals surface area contributed by atoms with E-state index in [2.05, 4.69) is 5.32 Å². The monoisotopic (exact) mass is 380 g/mol. The summed E-state index contributed by atoms with van der Waals surface area (Å²) in [5, 5.41) is 21.2. The molecule has 0 aliphatic carbocycles. The number of carbonyl (C=O) groups is 2. The molecule has 2 N–H and O–H groups in total. The number of nitrogens with zero attached hydrogens (tertiary/aromatic N) is 1. The maximum Gasteiger partial charge on any atom is 0.344 e. The third-order valence-corrected chi connectivity index (χ3v) is 3.81. The summed E-state index contributed by atoms with van der Waals surface area (Å²) in [5.74, 6) is -1.32. The molecule has 0 bridgehead atoms. The van der Waals surface area contributed by atoms with Gasteiger partial charge in [0, 0.05) is 11.3 Å². The van der Waals surface area contributed by atoms with Crippen molar-refractivity contribution in [2.45, 2.75) is 20.0 Å². The fourth-order valence-electron chi connectivity index (χ4n) is 2.39. The van der Waals surface area contributed by atoms with Crippen molar-refractivity contribution < 1.29 is 24.2 Å². The molecule has 1 amide bonds. The minimum atomic E-state index is -1.15. The lowest BCUT2D eigenvalue weighted by atomic mass is 10.1. The van der Waals surface area contributed by atoms with Crippen molar-refractivity contribution in [2.24, 2.45) is 0 Å². The van der Waals surface area contributed by atoms with Gasteiger partial charge in [0.2, 0.25) is 0 Å². The van der Waals surface area contributed by atoms with Crippen molar-refractivity contribution in [3.8, 4) is 17.6 Å². The van der Waals surface area contributed by atoms with Gasteiger partial charge >= 0.3 is 5.97 Å². The third kappa shape index (κ3) is 5.11. The van der Waals surface area contributed by atoms with Crippen LogP contribution in [0.5, 0.6) is 11.5 Å². The van der Waals surface area contributed by atoms with Crippen molar-refractivity contribution in [3.63, 3.8) is 0 Å². The van der Waals surface area contributed by atoms with Crippen LogP contribution in [0.15, 0.2) is 48.0 Å². The second-order valence-corrected chi connectivity index (χ2v) is 5.97. The second-order valence-electron chi connectivity index (χ2n) is 5.97. The number of nitrogens with one attached hydrogen (secondary N) is 1. The van der Waals surface area contributed by atoms with E-state index in [1.165, 1.54) is 20.1 Å². The standard InChI is InChI=1S/C21H20N2O5/c1-13-6-4-8-17(10-13)23-20(24)16(12-22)11-15-7-5-9-18(27-3)19(15)28-14(2)21(25)26/h4-11,14H,1-3H3,(H,23,24)(H,25,26)/b16-11-/t14-/m1/s1. The molecule has 7 nitrogen and oxygen atoms in total. The molecule has 28 heavy (non-hydrogen) atoms. The van der Waals surface area contributed by atoms with Crippen LogP contribution < -0.4 is 14.8 Å². The van der Waals surface area contributed by atoms with Gasteiger partial charge < -0.3 is 19.9 Å². The number of methoxy groups -OCH3 is 1. The largest absolute Gasteiger partial charge is 0.493 e. The smallest absolute Gasteiger partial charge is 0.344 e. The summed E-state index contributed by atoms with van der Waals surface area (Å²) in [6.45, 7) is 3.26. The average Bonchev–Trinajstić information content (AvgIpc) is 2.66. The van der Waals surface area contributed by atoms with E-state index in [4.69, 9.17) is 14.6 Å². The van der Waals surface area contributed by atoms with Crippen molar-refractivity contribution >= 4 is 23.6 Å². The molecule has 2 aromatic carbocycles. The molecule has 0 heterocycles. The van der Waals surface area contributed by atoms with E-state index in [1.54, 1.807) is 36.4 Å². The zero-order valence-electron chi connectivity index (χ0n) is 15.7. The Kier molecular flexibility index (Phi) is 6.77. The molecule has 0 fully saturated rings. The summed E-state index contributed by atoms with van der Waals surface area (Å²) in [7, 11) is 1.41. The molecule has 0 aliphatic rings. The zero-order chi connectivity index (χ0) is 20.7. The maximum absolute atomic E-state index is 12.5. The van der Waals surface area contributed by atoms with E-state index in [0.29, 0.717) is 17.0 Å². The van der Waals surface area contributed by atoms with E-state index in [1.807, 2.05) is 19.1 Å². The highest BCUT2D eigenvalue weighted by Gasteiger charge is 2.19. The van der Waals surface area contributed by atoms with Crippen LogP contribution >= 0.6 is 0 Å². The van der Waals surface area contributed by atoms with Gasteiger partial charge in [-0.15, -0.1) is 0 Å². The average molecular weight is 380 g/mol. The van der Waals surface area contributed by atoms with Crippen molar-refractivity contribution in [2.75, 3.05) is 12.4 Å². The van der Waals surface area contributed by atoms with Gasteiger partial charge in [0.1, 0.15) is 11.6 Å². The number of nitriles is 1. The molecule has 0 spiro atoms. The van der Waals surface area contributed by atoms with Gasteiger partial charge in [0.25, 0.3) is 5.91 Å². The number of benzene rings is 2. The molecule has 0 unspecified atom stereocenters. The number of aliphatic carboxylic acids is 1. The Labute approximate surface area is 162 Å². The van der Waals surface area contributed by atoms with Gasteiger partial charge in [-0.2, -0.15) is 5.26 Å². The zero-order valence-corrected chi connectivity index (χ0v) is 15.7. The number of amides is 1. The highest BCUT2D eigenvalue weighted by molar-refractivity contribution is 6.09. The number of para-hydroxylation sites is 1. The number of carboxylic acids is 1. The number of rotatable bonds is 7. The Morgan fingerprint density at radius 3 is 2.57 bits per heavy atom. The van der Waals surface area contributed by atoms with Gasteiger partial charge in [-0.3, -0.25) is 4.79 Å². The number of anilines is 1. The first-order valence-corrected chi connectivity index (χ1v) is 8.42. The number of carbonyl (C=O) groups excluding carboxylic acids is 1. The van der Waals surface area contributed by atoms with Crippen molar-refractivity contribution in [1.29, 1.82) is 5.26 Å². The predicted molar refractivity (Wildman–Crippen MR) is 104 cm³/mol. The highest BCUT2D eigenvalue weighted by atomic mass is 16.5. The SMILES string of the molecule is COc1cccc(/C=C(/C#N)C(=O)Nc2cccc(C)c2)c1O[C@H](C)C(=O)O. The van der Waals surface area contributed by atoms with Gasteiger partial charge in [0.05, 0.1) is 7.11 Å². The highest BCUT2D eigenvalue weighted by Crippen LogP contribution is 2.33. The summed E-state index contributed by atoms with van der Waals surface area (Å²) in [6, 6.07) is 13.9. The molecule has 7 heteroatoms. The first-order valence-electron chi connectivity index (χ1n) is 8.42. The van der Waals surface area contributed by atoms with Crippen LogP contribution in [0.4, 0.5) is 5.69 Å². The maximum atomic E-state index is 12.5. The van der Waals surface area contributed by atoms with E-state index >= 15 is 0 Å². The van der Waals surface area contributed by atoms with Crippen LogP contribution in [0.3, 0.4) is 0 Å². The fourth-order valence-corrected chi connectivity index (χ4v) is 2.39. The van der Waals surface area contributed by atoms with E-state index in [9.17, 15) is 14.9 Å². The van der Waals surface area contributed by atoms with Crippen LogP contribution in [-0.2, 0) is 9.59 Å². The molecule has 0 saturated heterocycles. The number of carboxylic acid groups (broad SMARTS) is 1. The number of hydrogen-bond acceptors (Lipinski definition) is 5. The summed E-state index contributed by atoms with van der Waals surface area (Å²) < 4.78 is 10.7. The molecule has 1 atom stereocenters. The summed E-state index contributed by atoms with van der Waals surface area (Å²) >= 11 is 0. The summed E-state index contributed by atoms with van der Waals surface area (Å²) in [6.07, 6.45) is 0.187. The Hall–Kier alpha value is -3.79. The van der Waals surface area contributed by atoms with Crippen LogP contribution in [0.25, 0.3) is 6.08 Å². The lowest BCUT2D eigenvalue weighted by Crippen LogP contribution is -2.23. The number of hydrogen-bond donors (Lipinski definition) is 2. The predicted octanol–water partition coefficient (Wildman–Crippen LogP) is 3.40. The molecule has 2 rings (SSSR count). The minimum Gasteiger partial charge on any atom is -0.493 e. The van der Waals surface area contributed by atoms with Crippen LogP contribution in [0.2, 0.25) is 0 Å². The molecule has 0 aliphatic heterocycles. The molecular weight excluding hydrogens is 360 g/mol. The van der Waals surface area contributed by atoms with Crippen molar-refractivity contribution in [1.82, 2.24) is 0 Å². The minimum absolute atomic E-state index is 0.135. The summed E-state index contributed by atoms with van der Waals surface area (Å²) in [5.41, 5.74) is 1.71. The van der Waals surface area contributed by atoms with Gasteiger partial charge in [-0.25, -0.2) is 4.79 Å². The van der Waals surface area contributed by atoms with E-state index in [-0.39, 0.29) is 11.3 Å². The molecule has 144 valence electrons. The topological polar surface area (TPSA) is 109 Å². The number of aryl methyl sites for hydroxylation is 1. The van der Waals surface area contributed by atoms with Crippen molar-refractivity contribution in [3.05, 3.63) is 59.2 Å². The lowest BCUT2D eigenvalue weighted by Gasteiger charge is -2.16. The van der Waals surface area contributed by atoms with E-state index in [0.717, 1.165) is 5.56 Å². The molecule has 0 aromatic heterocycles. The van der Waals surface area contributed by atoms with Crippen LogP contribution in [-0.4, -0.2) is 30.2 Å².